The van der Waals surface area contributed by atoms with Crippen LogP contribution in [-0.2, 0) is 0 Å². The van der Waals surface area contributed by atoms with Crippen molar-refractivity contribution in [3.8, 4) is 0 Å². The third-order valence-corrected chi connectivity index (χ3v) is 2.66. The fourth-order valence-electron chi connectivity index (χ4n) is 0.903. The minimum absolute atomic E-state index is 1.05. The molecule has 0 fully saturated rings. The third kappa shape index (κ3) is 3.77. The Hall–Kier alpha value is -0.500. The standard InChI is InChI=1S/C10H14NS/c1-2-3-4-9-12-10-5-7-11-8-6-10/h5-8H,1-4,9H2. The maximum atomic E-state index is 3.97. The molecule has 1 aromatic rings. The fraction of sp³-hybridized carbons (Fsp3) is 0.400. The molecule has 1 nitrogen and oxygen atoms in total. The van der Waals surface area contributed by atoms with Gasteiger partial charge in [0.1, 0.15) is 0 Å². The monoisotopic (exact) mass is 180 g/mol. The van der Waals surface area contributed by atoms with Gasteiger partial charge in [-0.25, -0.2) is 0 Å². The van der Waals surface area contributed by atoms with Crippen LogP contribution in [0, 0.1) is 6.92 Å². The molecule has 0 aliphatic rings. The Balaban J connectivity index is 2.16. The van der Waals surface area contributed by atoms with Gasteiger partial charge in [0.05, 0.1) is 0 Å². The minimum Gasteiger partial charge on any atom is -0.265 e. The number of unbranched alkanes of at least 4 members (excludes halogenated alkanes) is 2. The molecule has 0 spiro atoms. The molecule has 65 valence electrons. The van der Waals surface area contributed by atoms with Gasteiger partial charge in [0.2, 0.25) is 0 Å². The smallest absolute Gasteiger partial charge is 0.0278 e. The van der Waals surface area contributed by atoms with Gasteiger partial charge in [0.15, 0.2) is 0 Å². The van der Waals surface area contributed by atoms with Gasteiger partial charge in [-0.2, -0.15) is 0 Å². The van der Waals surface area contributed by atoms with E-state index in [2.05, 4.69) is 24.0 Å². The van der Waals surface area contributed by atoms with Crippen LogP contribution in [0.3, 0.4) is 0 Å². The predicted molar refractivity (Wildman–Crippen MR) is 54.2 cm³/mol. The maximum Gasteiger partial charge on any atom is 0.0278 e. The van der Waals surface area contributed by atoms with Crippen molar-refractivity contribution in [3.05, 3.63) is 31.5 Å². The second-order valence-corrected chi connectivity index (χ2v) is 3.76. The van der Waals surface area contributed by atoms with Crippen LogP contribution >= 0.6 is 11.8 Å². The molecular weight excluding hydrogens is 166 g/mol. The van der Waals surface area contributed by atoms with Crippen LogP contribution in [0.4, 0.5) is 0 Å². The molecule has 1 radical (unpaired) electrons. The Morgan fingerprint density at radius 3 is 2.67 bits per heavy atom. The van der Waals surface area contributed by atoms with Crippen molar-refractivity contribution in [2.75, 3.05) is 5.75 Å². The van der Waals surface area contributed by atoms with Crippen LogP contribution in [0.25, 0.3) is 0 Å². The Morgan fingerprint density at radius 1 is 1.25 bits per heavy atom. The van der Waals surface area contributed by atoms with Crippen LogP contribution in [0.1, 0.15) is 19.3 Å². The molecule has 0 amide bonds. The quantitative estimate of drug-likeness (QED) is 0.510. The topological polar surface area (TPSA) is 12.9 Å². The number of aromatic nitrogens is 1. The van der Waals surface area contributed by atoms with Crippen LogP contribution in [0.5, 0.6) is 0 Å². The third-order valence-electron chi connectivity index (χ3n) is 1.56. The highest BCUT2D eigenvalue weighted by molar-refractivity contribution is 7.99. The molecule has 1 rings (SSSR count). The van der Waals surface area contributed by atoms with Crippen molar-refractivity contribution in [2.24, 2.45) is 0 Å². The first kappa shape index (κ1) is 9.59. The van der Waals surface area contributed by atoms with Gasteiger partial charge in [-0.05, 0) is 24.3 Å². The number of hydrogen-bond acceptors (Lipinski definition) is 2. The zero-order valence-electron chi connectivity index (χ0n) is 7.20. The summed E-state index contributed by atoms with van der Waals surface area (Å²) in [6, 6.07) is 4.10. The van der Waals surface area contributed by atoms with Crippen molar-refractivity contribution >= 4 is 11.8 Å². The van der Waals surface area contributed by atoms with Gasteiger partial charge in [-0.15, -0.1) is 11.8 Å². The highest BCUT2D eigenvalue weighted by Crippen LogP contribution is 2.17. The summed E-state index contributed by atoms with van der Waals surface area (Å²) < 4.78 is 0. The first-order chi connectivity index (χ1) is 5.93. The van der Waals surface area contributed by atoms with Gasteiger partial charge in [-0.3, -0.25) is 4.98 Å². The first-order valence-electron chi connectivity index (χ1n) is 4.25. The Bertz CT molecular complexity index is 198. The molecule has 0 saturated heterocycles. The normalized spacial score (nSPS) is 10.1. The van der Waals surface area contributed by atoms with E-state index in [4.69, 9.17) is 0 Å². The van der Waals surface area contributed by atoms with E-state index in [1.54, 1.807) is 0 Å². The van der Waals surface area contributed by atoms with Gasteiger partial charge < -0.3 is 0 Å². The van der Waals surface area contributed by atoms with Crippen LogP contribution < -0.4 is 0 Å². The summed E-state index contributed by atoms with van der Waals surface area (Å²) in [4.78, 5) is 5.28. The molecule has 1 aromatic heterocycles. The lowest BCUT2D eigenvalue weighted by Gasteiger charge is -1.98. The largest absolute Gasteiger partial charge is 0.265 e. The van der Waals surface area contributed by atoms with Crippen molar-refractivity contribution in [3.63, 3.8) is 0 Å². The number of pyridine rings is 1. The van der Waals surface area contributed by atoms with Crippen molar-refractivity contribution in [2.45, 2.75) is 24.2 Å². The minimum atomic E-state index is 1.05. The van der Waals surface area contributed by atoms with E-state index in [1.165, 1.54) is 23.5 Å². The number of hydrogen-bond donors (Lipinski definition) is 0. The molecule has 12 heavy (non-hydrogen) atoms. The van der Waals surface area contributed by atoms with Crippen molar-refractivity contribution < 1.29 is 0 Å². The molecule has 2 heteroatoms. The molecule has 0 aliphatic carbocycles. The van der Waals surface area contributed by atoms with Crippen LogP contribution in [0.15, 0.2) is 29.4 Å². The molecular formula is C10H14NS. The van der Waals surface area contributed by atoms with Crippen LogP contribution in [0.2, 0.25) is 0 Å². The summed E-state index contributed by atoms with van der Waals surface area (Å²) >= 11 is 1.89. The number of thioether (sulfide) groups is 1. The Morgan fingerprint density at radius 2 is 2.00 bits per heavy atom. The van der Waals surface area contributed by atoms with E-state index in [0.717, 1.165) is 6.42 Å². The summed E-state index contributed by atoms with van der Waals surface area (Å²) in [7, 11) is 0. The molecule has 0 saturated carbocycles. The van der Waals surface area contributed by atoms with Gasteiger partial charge >= 0.3 is 0 Å². The zero-order chi connectivity index (χ0) is 8.65. The van der Waals surface area contributed by atoms with Gasteiger partial charge in [0, 0.05) is 17.3 Å². The zero-order valence-corrected chi connectivity index (χ0v) is 8.02. The highest BCUT2D eigenvalue weighted by Gasteiger charge is 1.91. The number of rotatable bonds is 5. The lowest BCUT2D eigenvalue weighted by molar-refractivity contribution is 0.821. The molecule has 0 aliphatic heterocycles. The lowest BCUT2D eigenvalue weighted by Crippen LogP contribution is -1.80. The summed E-state index contributed by atoms with van der Waals surface area (Å²) in [5.74, 6) is 1.19. The molecule has 0 atom stereocenters. The summed E-state index contributed by atoms with van der Waals surface area (Å²) in [5.41, 5.74) is 0. The predicted octanol–water partition coefficient (Wildman–Crippen LogP) is 3.18. The van der Waals surface area contributed by atoms with E-state index in [-0.39, 0.29) is 0 Å². The Kier molecular flexibility index (Phi) is 4.85. The molecule has 0 N–H and O–H groups in total. The number of nitrogens with zero attached hydrogens (tertiary/aromatic N) is 1. The van der Waals surface area contributed by atoms with E-state index in [9.17, 15) is 0 Å². The van der Waals surface area contributed by atoms with Gasteiger partial charge in [0.25, 0.3) is 0 Å². The van der Waals surface area contributed by atoms with E-state index < -0.39 is 0 Å². The fourth-order valence-corrected chi connectivity index (χ4v) is 1.80. The molecule has 0 bridgehead atoms. The van der Waals surface area contributed by atoms with Gasteiger partial charge in [-0.1, -0.05) is 19.8 Å². The second-order valence-electron chi connectivity index (χ2n) is 2.59. The van der Waals surface area contributed by atoms with Crippen molar-refractivity contribution in [1.82, 2.24) is 4.98 Å². The summed E-state index contributed by atoms with van der Waals surface area (Å²) in [6.07, 6.45) is 7.22. The summed E-state index contributed by atoms with van der Waals surface area (Å²) in [5, 5.41) is 0. The SMILES string of the molecule is [CH2]CCCCSc1ccncc1. The van der Waals surface area contributed by atoms with E-state index in [0.29, 0.717) is 0 Å². The Labute approximate surface area is 78.6 Å². The highest BCUT2D eigenvalue weighted by atomic mass is 32.2. The summed E-state index contributed by atoms with van der Waals surface area (Å²) in [6.45, 7) is 3.81. The molecule has 0 unspecified atom stereocenters. The average molecular weight is 180 g/mol. The lowest BCUT2D eigenvalue weighted by atomic mass is 10.3. The first-order valence-corrected chi connectivity index (χ1v) is 5.24. The maximum absolute atomic E-state index is 3.97. The molecule has 0 aromatic carbocycles. The second kappa shape index (κ2) is 6.06. The van der Waals surface area contributed by atoms with Crippen molar-refractivity contribution in [1.29, 1.82) is 0 Å². The van der Waals surface area contributed by atoms with E-state index >= 15 is 0 Å². The van der Waals surface area contributed by atoms with Crippen LogP contribution in [-0.4, -0.2) is 10.7 Å². The van der Waals surface area contributed by atoms with E-state index in [1.807, 2.05) is 24.2 Å². The molecule has 1 heterocycles. The average Bonchev–Trinajstić information content (AvgIpc) is 2.14.